The highest BCUT2D eigenvalue weighted by Gasteiger charge is 2.11. The van der Waals surface area contributed by atoms with Gasteiger partial charge in [0.25, 0.3) is 0 Å². The maximum absolute atomic E-state index is 10.6. The Morgan fingerprint density at radius 2 is 2.18 bits per heavy atom. The Bertz CT molecular complexity index is 314. The van der Waals surface area contributed by atoms with Crippen LogP contribution in [0.2, 0.25) is 0 Å². The van der Waals surface area contributed by atoms with Gasteiger partial charge in [0.2, 0.25) is 0 Å². The van der Waals surface area contributed by atoms with Crippen molar-refractivity contribution in [2.24, 2.45) is 0 Å². The van der Waals surface area contributed by atoms with Crippen molar-refractivity contribution >= 4 is 11.9 Å². The lowest BCUT2D eigenvalue weighted by atomic mass is 10.9. The molecule has 1 heterocycles. The lowest BCUT2D eigenvalue weighted by Gasteiger charge is -2.03. The van der Waals surface area contributed by atoms with Gasteiger partial charge >= 0.3 is 17.6 Å². The summed E-state index contributed by atoms with van der Waals surface area (Å²) in [6, 6.07) is 0. The Morgan fingerprint density at radius 1 is 1.64 bits per heavy atom. The summed E-state index contributed by atoms with van der Waals surface area (Å²) < 4.78 is -0.375. The van der Waals surface area contributed by atoms with Crippen molar-refractivity contribution in [3.05, 3.63) is 15.7 Å². The van der Waals surface area contributed by atoms with Crippen molar-refractivity contribution in [1.82, 2.24) is 9.71 Å². The average Bonchev–Trinajstić information content (AvgIpc) is 1.97. The Labute approximate surface area is 59.8 Å². The minimum Gasteiger partial charge on any atom is -0.752 e. The molecular weight excluding hydrogens is 154 g/mol. The molecule has 0 spiro atoms. The maximum Gasteiger partial charge on any atom is 0.455 e. The number of aromatic nitrogens is 3. The Morgan fingerprint density at radius 3 is 2.73 bits per heavy atom. The molecule has 0 atom stereocenters. The summed E-state index contributed by atoms with van der Waals surface area (Å²) in [4.78, 5) is 13.7. The molecule has 0 radical (unpaired) electrons. The second kappa shape index (κ2) is 2.01. The second-order valence-electron chi connectivity index (χ2n) is 1.72. The summed E-state index contributed by atoms with van der Waals surface area (Å²) >= 11 is 0. The SMILES string of the molecule is Nc1nc(N)[n+]([O-])c(=O)n1O. The van der Waals surface area contributed by atoms with E-state index in [1.807, 2.05) is 0 Å². The summed E-state index contributed by atoms with van der Waals surface area (Å²) in [5, 5.41) is 19.2. The molecule has 8 heteroatoms. The summed E-state index contributed by atoms with van der Waals surface area (Å²) in [7, 11) is 0. The van der Waals surface area contributed by atoms with E-state index in [2.05, 4.69) is 4.98 Å². The predicted molar refractivity (Wildman–Crippen MR) is 33.5 cm³/mol. The van der Waals surface area contributed by atoms with E-state index in [9.17, 15) is 10.0 Å². The molecule has 0 amide bonds. The lowest BCUT2D eigenvalue weighted by Crippen LogP contribution is -2.53. The van der Waals surface area contributed by atoms with Gasteiger partial charge in [-0.3, -0.25) is 0 Å². The zero-order valence-electron chi connectivity index (χ0n) is 5.26. The first-order valence-corrected chi connectivity index (χ1v) is 2.51. The molecule has 0 saturated carbocycles. The number of anilines is 2. The van der Waals surface area contributed by atoms with Crippen molar-refractivity contribution in [1.29, 1.82) is 0 Å². The third-order valence-electron chi connectivity index (χ3n) is 1.01. The van der Waals surface area contributed by atoms with E-state index in [0.29, 0.717) is 0 Å². The van der Waals surface area contributed by atoms with E-state index >= 15 is 0 Å². The third-order valence-corrected chi connectivity index (χ3v) is 1.01. The fraction of sp³-hybridized carbons (Fsp3) is 0. The second-order valence-corrected chi connectivity index (χ2v) is 1.72. The van der Waals surface area contributed by atoms with Crippen LogP contribution in [0.1, 0.15) is 0 Å². The maximum atomic E-state index is 10.6. The van der Waals surface area contributed by atoms with Gasteiger partial charge in [0.15, 0.2) is 0 Å². The molecule has 1 rings (SSSR count). The van der Waals surface area contributed by atoms with Gasteiger partial charge < -0.3 is 21.9 Å². The van der Waals surface area contributed by atoms with Gasteiger partial charge in [-0.05, 0) is 4.73 Å². The molecule has 8 nitrogen and oxygen atoms in total. The van der Waals surface area contributed by atoms with Crippen LogP contribution < -0.4 is 21.9 Å². The summed E-state index contributed by atoms with van der Waals surface area (Å²) in [6.45, 7) is 0. The zero-order valence-corrected chi connectivity index (χ0v) is 5.26. The first-order valence-electron chi connectivity index (χ1n) is 2.51. The molecule has 0 unspecified atom stereocenters. The minimum absolute atomic E-state index is 0.0939. The first kappa shape index (κ1) is 7.12. The normalized spacial score (nSPS) is 9.82. The van der Waals surface area contributed by atoms with E-state index in [-0.39, 0.29) is 9.46 Å². The quantitative estimate of drug-likeness (QED) is 0.214. The number of nitrogens with zero attached hydrogens (tertiary/aromatic N) is 3. The largest absolute Gasteiger partial charge is 0.752 e. The van der Waals surface area contributed by atoms with Gasteiger partial charge in [-0.25, -0.2) is 9.52 Å². The van der Waals surface area contributed by atoms with Gasteiger partial charge in [0.1, 0.15) is 0 Å². The number of nitrogens with two attached hydrogens (primary N) is 2. The van der Waals surface area contributed by atoms with Crippen LogP contribution in [0.5, 0.6) is 0 Å². The highest BCUT2D eigenvalue weighted by molar-refractivity contribution is 5.19. The van der Waals surface area contributed by atoms with E-state index in [4.69, 9.17) is 16.7 Å². The molecule has 60 valence electrons. The molecule has 1 aromatic heterocycles. The topological polar surface area (TPSA) is 134 Å². The molecule has 0 aliphatic heterocycles. The van der Waals surface area contributed by atoms with Crippen molar-refractivity contribution < 1.29 is 9.94 Å². The van der Waals surface area contributed by atoms with Crippen LogP contribution in [0, 0.1) is 5.21 Å². The smallest absolute Gasteiger partial charge is 0.455 e. The molecule has 0 bridgehead atoms. The van der Waals surface area contributed by atoms with E-state index in [1.165, 1.54) is 0 Å². The highest BCUT2D eigenvalue weighted by Crippen LogP contribution is 1.88. The number of rotatable bonds is 0. The van der Waals surface area contributed by atoms with Crippen LogP contribution in [0.4, 0.5) is 11.9 Å². The van der Waals surface area contributed by atoms with Gasteiger partial charge in [0, 0.05) is 0 Å². The number of hydrogen-bond acceptors (Lipinski definition) is 6. The standard InChI is InChI=1S/C3H5N5O3/c4-1-6-2(5)8(11)3(9)7(1)10/h11H,4H2,(H2,5,6). The summed E-state index contributed by atoms with van der Waals surface area (Å²) in [6.07, 6.45) is 0. The van der Waals surface area contributed by atoms with Crippen LogP contribution >= 0.6 is 0 Å². The van der Waals surface area contributed by atoms with Gasteiger partial charge in [-0.1, -0.05) is 4.98 Å². The molecule has 5 N–H and O–H groups in total. The lowest BCUT2D eigenvalue weighted by molar-refractivity contribution is -0.617. The molecule has 0 aliphatic carbocycles. The highest BCUT2D eigenvalue weighted by atomic mass is 16.5. The van der Waals surface area contributed by atoms with E-state index in [0.717, 1.165) is 0 Å². The van der Waals surface area contributed by atoms with Crippen molar-refractivity contribution in [3.8, 4) is 0 Å². The van der Waals surface area contributed by atoms with Crippen LogP contribution in [0.15, 0.2) is 4.79 Å². The molecule has 11 heavy (non-hydrogen) atoms. The molecular formula is C3H5N5O3. The Hall–Kier alpha value is -1.99. The van der Waals surface area contributed by atoms with Gasteiger partial charge in [0.05, 0.1) is 0 Å². The van der Waals surface area contributed by atoms with E-state index in [1.54, 1.807) is 0 Å². The third kappa shape index (κ3) is 0.892. The average molecular weight is 159 g/mol. The van der Waals surface area contributed by atoms with Crippen LogP contribution in [-0.4, -0.2) is 14.9 Å². The fourth-order valence-electron chi connectivity index (χ4n) is 0.492. The molecule has 0 saturated heterocycles. The van der Waals surface area contributed by atoms with Crippen LogP contribution in [0.25, 0.3) is 0 Å². The van der Waals surface area contributed by atoms with Crippen molar-refractivity contribution in [2.45, 2.75) is 0 Å². The number of nitrogen functional groups attached to an aromatic ring is 2. The zero-order chi connectivity index (χ0) is 8.59. The Balaban J connectivity index is 3.59. The predicted octanol–water partition coefficient (Wildman–Crippen LogP) is -2.72. The minimum atomic E-state index is -1.28. The molecule has 0 fully saturated rings. The monoisotopic (exact) mass is 159 g/mol. The molecule has 0 aromatic carbocycles. The van der Waals surface area contributed by atoms with Crippen LogP contribution in [0.3, 0.4) is 0 Å². The van der Waals surface area contributed by atoms with Gasteiger partial charge in [-0.2, -0.15) is 0 Å². The van der Waals surface area contributed by atoms with Crippen LogP contribution in [-0.2, 0) is 0 Å². The first-order chi connectivity index (χ1) is 5.04. The van der Waals surface area contributed by atoms with Gasteiger partial charge in [-0.15, -0.1) is 0 Å². The summed E-state index contributed by atoms with van der Waals surface area (Å²) in [5.74, 6) is -1.13. The number of hydrogen-bond donors (Lipinski definition) is 3. The molecule has 1 aromatic rings. The summed E-state index contributed by atoms with van der Waals surface area (Å²) in [5.41, 5.74) is 8.60. The molecule has 0 aliphatic rings. The van der Waals surface area contributed by atoms with E-state index < -0.39 is 17.6 Å². The fourth-order valence-corrected chi connectivity index (χ4v) is 0.492. The Kier molecular flexibility index (Phi) is 1.30. The van der Waals surface area contributed by atoms with Crippen molar-refractivity contribution in [2.75, 3.05) is 11.5 Å². The van der Waals surface area contributed by atoms with Crippen molar-refractivity contribution in [3.63, 3.8) is 0 Å².